The summed E-state index contributed by atoms with van der Waals surface area (Å²) in [6.45, 7) is 0. The zero-order valence-electron chi connectivity index (χ0n) is 14.3. The molecule has 7 heteroatoms. The lowest BCUT2D eigenvalue weighted by Gasteiger charge is -2.36. The Morgan fingerprint density at radius 1 is 1.26 bits per heavy atom. The Morgan fingerprint density at radius 3 is 2.70 bits per heavy atom. The third kappa shape index (κ3) is 2.76. The minimum absolute atomic E-state index is 0.0192. The van der Waals surface area contributed by atoms with Crippen molar-refractivity contribution in [3.63, 3.8) is 0 Å². The van der Waals surface area contributed by atoms with Gasteiger partial charge < -0.3 is 19.0 Å². The van der Waals surface area contributed by atoms with E-state index in [9.17, 15) is 19.1 Å². The van der Waals surface area contributed by atoms with Crippen molar-refractivity contribution < 1.29 is 28.2 Å². The standard InChI is InChI=1S/C20H15FO6/c1-25-19(23)20(24)10-14(11-5-3-2-4-6-11)16-17(27-20)13-8-7-12(21)9-15(13)26-18(16)22/h2-9,14,24H,10H2,1H3/t14-,20-/m1/s1. The third-order valence-corrected chi connectivity index (χ3v) is 4.66. The molecule has 0 amide bonds. The second-order valence-electron chi connectivity index (χ2n) is 6.32. The van der Waals surface area contributed by atoms with E-state index in [4.69, 9.17) is 9.15 Å². The van der Waals surface area contributed by atoms with E-state index in [2.05, 4.69) is 4.74 Å². The molecule has 2 aromatic carbocycles. The normalized spacial score (nSPS) is 21.4. The van der Waals surface area contributed by atoms with Gasteiger partial charge in [0, 0.05) is 18.4 Å². The molecule has 2 atom stereocenters. The van der Waals surface area contributed by atoms with E-state index in [1.54, 1.807) is 24.3 Å². The molecule has 0 saturated carbocycles. The summed E-state index contributed by atoms with van der Waals surface area (Å²) in [5.74, 6) is -4.57. The number of hydrogen-bond acceptors (Lipinski definition) is 6. The van der Waals surface area contributed by atoms with E-state index in [1.807, 2.05) is 6.07 Å². The number of aliphatic hydroxyl groups is 1. The first-order valence-electron chi connectivity index (χ1n) is 8.24. The highest BCUT2D eigenvalue weighted by atomic mass is 19.1. The summed E-state index contributed by atoms with van der Waals surface area (Å²) >= 11 is 0. The third-order valence-electron chi connectivity index (χ3n) is 4.66. The molecular weight excluding hydrogens is 355 g/mol. The second-order valence-corrected chi connectivity index (χ2v) is 6.32. The number of halogens is 1. The second kappa shape index (κ2) is 6.21. The van der Waals surface area contributed by atoms with E-state index in [0.717, 1.165) is 13.2 Å². The van der Waals surface area contributed by atoms with E-state index >= 15 is 0 Å². The van der Waals surface area contributed by atoms with Crippen molar-refractivity contribution in [2.24, 2.45) is 0 Å². The first-order valence-corrected chi connectivity index (χ1v) is 8.24. The topological polar surface area (TPSA) is 86.0 Å². The van der Waals surface area contributed by atoms with Crippen molar-refractivity contribution in [1.82, 2.24) is 0 Å². The van der Waals surface area contributed by atoms with Gasteiger partial charge in [0.2, 0.25) is 0 Å². The SMILES string of the molecule is COC(=O)[C@@]1(O)C[C@H](c2ccccc2)c2c(c3ccc(F)cc3oc2=O)O1. The van der Waals surface area contributed by atoms with Gasteiger partial charge in [0.05, 0.1) is 18.1 Å². The summed E-state index contributed by atoms with van der Waals surface area (Å²) in [5, 5.41) is 11.1. The van der Waals surface area contributed by atoms with Crippen LogP contribution in [-0.4, -0.2) is 24.0 Å². The number of hydrogen-bond donors (Lipinski definition) is 1. The van der Waals surface area contributed by atoms with Crippen LogP contribution >= 0.6 is 0 Å². The van der Waals surface area contributed by atoms with Gasteiger partial charge in [0.1, 0.15) is 17.1 Å². The Labute approximate surface area is 152 Å². The van der Waals surface area contributed by atoms with Gasteiger partial charge in [-0.2, -0.15) is 0 Å². The lowest BCUT2D eigenvalue weighted by molar-refractivity contribution is -0.202. The molecule has 1 aromatic heterocycles. The molecule has 1 aliphatic rings. The molecule has 4 rings (SSSR count). The van der Waals surface area contributed by atoms with Gasteiger partial charge in [-0.3, -0.25) is 0 Å². The van der Waals surface area contributed by atoms with Gasteiger partial charge in [-0.15, -0.1) is 0 Å². The van der Waals surface area contributed by atoms with Crippen LogP contribution in [0.25, 0.3) is 11.0 Å². The zero-order chi connectivity index (χ0) is 19.2. The quantitative estimate of drug-likeness (QED) is 0.551. The number of carbonyl (C=O) groups is 1. The zero-order valence-corrected chi connectivity index (χ0v) is 14.3. The van der Waals surface area contributed by atoms with Crippen LogP contribution in [0.5, 0.6) is 5.75 Å². The fourth-order valence-electron chi connectivity index (χ4n) is 3.41. The minimum Gasteiger partial charge on any atom is -0.464 e. The Bertz CT molecular complexity index is 1090. The van der Waals surface area contributed by atoms with Crippen LogP contribution in [0.3, 0.4) is 0 Å². The molecule has 0 spiro atoms. The van der Waals surface area contributed by atoms with Crippen LogP contribution in [0, 0.1) is 5.82 Å². The van der Waals surface area contributed by atoms with E-state index in [-0.39, 0.29) is 28.7 Å². The molecule has 27 heavy (non-hydrogen) atoms. The van der Waals surface area contributed by atoms with Gasteiger partial charge in [0.15, 0.2) is 0 Å². The van der Waals surface area contributed by atoms with Crippen molar-refractivity contribution in [2.75, 3.05) is 7.11 Å². The predicted octanol–water partition coefficient (Wildman–Crippen LogP) is 2.71. The first-order chi connectivity index (χ1) is 12.9. The van der Waals surface area contributed by atoms with Crippen molar-refractivity contribution in [2.45, 2.75) is 18.1 Å². The number of benzene rings is 2. The summed E-state index contributed by atoms with van der Waals surface area (Å²) in [4.78, 5) is 24.8. The molecule has 6 nitrogen and oxygen atoms in total. The van der Waals surface area contributed by atoms with Crippen LogP contribution in [0.15, 0.2) is 57.7 Å². The smallest absolute Gasteiger partial charge is 0.379 e. The monoisotopic (exact) mass is 370 g/mol. The molecule has 0 saturated heterocycles. The highest BCUT2D eigenvalue weighted by molar-refractivity contribution is 5.87. The molecule has 0 fully saturated rings. The number of ether oxygens (including phenoxy) is 2. The van der Waals surface area contributed by atoms with Crippen molar-refractivity contribution >= 4 is 16.9 Å². The van der Waals surface area contributed by atoms with Crippen LogP contribution < -0.4 is 10.4 Å². The molecule has 0 bridgehead atoms. The fraction of sp³-hybridized carbons (Fsp3) is 0.200. The Hall–Kier alpha value is -3.19. The summed E-state index contributed by atoms with van der Waals surface area (Å²) < 4.78 is 29.1. The van der Waals surface area contributed by atoms with Gasteiger partial charge >= 0.3 is 17.4 Å². The lowest BCUT2D eigenvalue weighted by atomic mass is 9.83. The number of rotatable bonds is 2. The maximum Gasteiger partial charge on any atom is 0.379 e. The van der Waals surface area contributed by atoms with Crippen molar-refractivity contribution in [1.29, 1.82) is 0 Å². The summed E-state index contributed by atoms with van der Waals surface area (Å²) in [6, 6.07) is 12.5. The van der Waals surface area contributed by atoms with E-state index < -0.39 is 29.1 Å². The molecule has 1 aliphatic heterocycles. The van der Waals surface area contributed by atoms with Gasteiger partial charge in [-0.05, 0) is 17.7 Å². The molecule has 3 aromatic rings. The molecule has 1 N–H and O–H groups in total. The molecule has 2 heterocycles. The number of fused-ring (bicyclic) bond motifs is 3. The molecule has 0 aliphatic carbocycles. The minimum atomic E-state index is -2.29. The molecular formula is C20H15FO6. The van der Waals surface area contributed by atoms with Crippen molar-refractivity contribution in [3.8, 4) is 5.75 Å². The summed E-state index contributed by atoms with van der Waals surface area (Å²) in [7, 11) is 1.13. The Morgan fingerprint density at radius 2 is 2.00 bits per heavy atom. The molecule has 138 valence electrons. The van der Waals surface area contributed by atoms with Gasteiger partial charge in [-0.25, -0.2) is 14.0 Å². The summed E-state index contributed by atoms with van der Waals surface area (Å²) in [6.07, 6.45) is -0.228. The highest BCUT2D eigenvalue weighted by Gasteiger charge is 2.49. The van der Waals surface area contributed by atoms with Crippen LogP contribution in [0.1, 0.15) is 23.5 Å². The Kier molecular flexibility index (Phi) is 3.96. The molecule has 0 unspecified atom stereocenters. The maximum atomic E-state index is 13.6. The van der Waals surface area contributed by atoms with Gasteiger partial charge in [-0.1, -0.05) is 30.3 Å². The molecule has 0 radical (unpaired) electrons. The van der Waals surface area contributed by atoms with Crippen LogP contribution in [-0.2, 0) is 9.53 Å². The fourth-order valence-corrected chi connectivity index (χ4v) is 3.41. The number of methoxy groups -OCH3 is 1. The number of carbonyl (C=O) groups excluding carboxylic acids is 1. The number of esters is 1. The van der Waals surface area contributed by atoms with Crippen molar-refractivity contribution in [3.05, 3.63) is 75.9 Å². The largest absolute Gasteiger partial charge is 0.464 e. The maximum absolute atomic E-state index is 13.6. The van der Waals surface area contributed by atoms with E-state index in [1.165, 1.54) is 12.1 Å². The predicted molar refractivity (Wildman–Crippen MR) is 92.9 cm³/mol. The van der Waals surface area contributed by atoms with Crippen LogP contribution in [0.4, 0.5) is 4.39 Å². The van der Waals surface area contributed by atoms with Crippen LogP contribution in [0.2, 0.25) is 0 Å². The summed E-state index contributed by atoms with van der Waals surface area (Å²) in [5.41, 5.74) is 0.0931. The lowest BCUT2D eigenvalue weighted by Crippen LogP contribution is -2.50. The van der Waals surface area contributed by atoms with Gasteiger partial charge in [0.25, 0.3) is 0 Å². The first kappa shape index (κ1) is 17.2. The highest BCUT2D eigenvalue weighted by Crippen LogP contribution is 2.45. The van der Waals surface area contributed by atoms with E-state index in [0.29, 0.717) is 5.56 Å². The average molecular weight is 370 g/mol. The average Bonchev–Trinajstić information content (AvgIpc) is 2.67. The Balaban J connectivity index is 2.03.